The van der Waals surface area contributed by atoms with Gasteiger partial charge in [0.1, 0.15) is 11.3 Å². The van der Waals surface area contributed by atoms with Crippen LogP contribution in [-0.2, 0) is 4.79 Å². The molecule has 5 nitrogen and oxygen atoms in total. The van der Waals surface area contributed by atoms with E-state index in [1.54, 1.807) is 7.11 Å². The molecule has 0 bridgehead atoms. The van der Waals surface area contributed by atoms with Gasteiger partial charge in [0.25, 0.3) is 0 Å². The van der Waals surface area contributed by atoms with Crippen molar-refractivity contribution in [2.45, 2.75) is 19.8 Å². The molecule has 0 spiro atoms. The quantitative estimate of drug-likeness (QED) is 0.944. The Morgan fingerprint density at radius 1 is 1.45 bits per heavy atom. The van der Waals surface area contributed by atoms with Crippen molar-refractivity contribution in [3.63, 3.8) is 0 Å². The highest BCUT2D eigenvalue weighted by atomic mass is 16.5. The van der Waals surface area contributed by atoms with Gasteiger partial charge < -0.3 is 15.4 Å². The first-order chi connectivity index (χ1) is 10.6. The number of amides is 1. The molecule has 22 heavy (non-hydrogen) atoms. The van der Waals surface area contributed by atoms with Crippen LogP contribution in [0.3, 0.4) is 0 Å². The van der Waals surface area contributed by atoms with E-state index in [1.807, 2.05) is 18.3 Å². The standard InChI is InChI=1S/C17H21N3O2/c1-11-9-19-15-13(6-3-7-14(15)22-2)16(11)20-8-4-5-12(10-20)17(18)21/h3,6-7,9,12H,4-5,8,10H2,1-2H3,(H2,18,21). The first-order valence-electron chi connectivity index (χ1n) is 7.58. The molecule has 1 fully saturated rings. The summed E-state index contributed by atoms with van der Waals surface area (Å²) in [6, 6.07) is 5.94. The number of rotatable bonds is 3. The molecule has 1 aliphatic heterocycles. The summed E-state index contributed by atoms with van der Waals surface area (Å²) in [5.74, 6) is 0.475. The van der Waals surface area contributed by atoms with Crippen molar-refractivity contribution in [1.82, 2.24) is 4.98 Å². The first kappa shape index (κ1) is 14.6. The largest absolute Gasteiger partial charge is 0.494 e. The highest BCUT2D eigenvalue weighted by molar-refractivity contribution is 5.96. The van der Waals surface area contributed by atoms with E-state index in [9.17, 15) is 4.79 Å². The Balaban J connectivity index is 2.09. The van der Waals surface area contributed by atoms with Crippen molar-refractivity contribution >= 4 is 22.5 Å². The van der Waals surface area contributed by atoms with E-state index in [2.05, 4.69) is 22.9 Å². The number of para-hydroxylation sites is 1. The van der Waals surface area contributed by atoms with Gasteiger partial charge in [0.05, 0.1) is 18.7 Å². The first-order valence-corrected chi connectivity index (χ1v) is 7.58. The maximum atomic E-state index is 11.5. The van der Waals surface area contributed by atoms with Crippen molar-refractivity contribution in [1.29, 1.82) is 0 Å². The molecule has 0 aliphatic carbocycles. The number of fused-ring (bicyclic) bond motifs is 1. The van der Waals surface area contributed by atoms with Gasteiger partial charge in [0.15, 0.2) is 0 Å². The molecule has 1 aromatic heterocycles. The van der Waals surface area contributed by atoms with Crippen molar-refractivity contribution in [3.05, 3.63) is 30.0 Å². The van der Waals surface area contributed by atoms with E-state index >= 15 is 0 Å². The van der Waals surface area contributed by atoms with Crippen LogP contribution >= 0.6 is 0 Å². The fourth-order valence-corrected chi connectivity index (χ4v) is 3.28. The zero-order chi connectivity index (χ0) is 15.7. The lowest BCUT2D eigenvalue weighted by Gasteiger charge is -2.34. The van der Waals surface area contributed by atoms with Gasteiger partial charge in [-0.05, 0) is 31.4 Å². The molecule has 116 valence electrons. The number of aryl methyl sites for hydroxylation is 1. The van der Waals surface area contributed by atoms with Crippen molar-refractivity contribution in [3.8, 4) is 5.75 Å². The molecule has 0 saturated carbocycles. The van der Waals surface area contributed by atoms with Crippen molar-refractivity contribution in [2.24, 2.45) is 11.7 Å². The van der Waals surface area contributed by atoms with Crippen LogP contribution in [0.1, 0.15) is 18.4 Å². The average molecular weight is 299 g/mol. The predicted octanol–water partition coefficient (Wildman–Crippen LogP) is 2.25. The smallest absolute Gasteiger partial charge is 0.222 e. The molecule has 2 N–H and O–H groups in total. The average Bonchev–Trinajstić information content (AvgIpc) is 2.54. The number of pyridine rings is 1. The lowest BCUT2D eigenvalue weighted by Crippen LogP contribution is -2.41. The maximum absolute atomic E-state index is 11.5. The number of primary amides is 1. The van der Waals surface area contributed by atoms with Crippen molar-refractivity contribution < 1.29 is 9.53 Å². The highest BCUT2D eigenvalue weighted by Crippen LogP contribution is 2.35. The number of anilines is 1. The van der Waals surface area contributed by atoms with E-state index in [0.29, 0.717) is 6.54 Å². The minimum absolute atomic E-state index is 0.0815. The fraction of sp³-hybridized carbons (Fsp3) is 0.412. The Bertz CT molecular complexity index is 714. The number of methoxy groups -OCH3 is 1. The third-order valence-electron chi connectivity index (χ3n) is 4.37. The van der Waals surface area contributed by atoms with Crippen LogP contribution in [0.2, 0.25) is 0 Å². The zero-order valence-electron chi connectivity index (χ0n) is 13.0. The number of ether oxygens (including phenoxy) is 1. The molecule has 1 saturated heterocycles. The summed E-state index contributed by atoms with van der Waals surface area (Å²) < 4.78 is 5.41. The third kappa shape index (κ3) is 2.47. The Kier molecular flexibility index (Phi) is 3.88. The normalized spacial score (nSPS) is 18.5. The van der Waals surface area contributed by atoms with Crippen LogP contribution in [0.4, 0.5) is 5.69 Å². The molecule has 1 aliphatic rings. The third-order valence-corrected chi connectivity index (χ3v) is 4.37. The Morgan fingerprint density at radius 2 is 2.27 bits per heavy atom. The topological polar surface area (TPSA) is 68.5 Å². The molecule has 3 rings (SSSR count). The number of piperidine rings is 1. The van der Waals surface area contributed by atoms with Gasteiger partial charge in [-0.3, -0.25) is 9.78 Å². The van der Waals surface area contributed by atoms with Gasteiger partial charge in [-0.15, -0.1) is 0 Å². The summed E-state index contributed by atoms with van der Waals surface area (Å²) in [4.78, 5) is 18.3. The number of carbonyl (C=O) groups is 1. The van der Waals surface area contributed by atoms with Gasteiger partial charge in [0, 0.05) is 24.7 Å². The van der Waals surface area contributed by atoms with E-state index in [0.717, 1.165) is 47.3 Å². The van der Waals surface area contributed by atoms with Crippen LogP contribution in [0.25, 0.3) is 10.9 Å². The summed E-state index contributed by atoms with van der Waals surface area (Å²) in [6.45, 7) is 3.66. The lowest BCUT2D eigenvalue weighted by atomic mass is 9.96. The number of nitrogens with two attached hydrogens (primary N) is 1. The Labute approximate surface area is 130 Å². The van der Waals surface area contributed by atoms with Crippen LogP contribution in [0.5, 0.6) is 5.75 Å². The molecule has 1 aromatic carbocycles. The molecular weight excluding hydrogens is 278 g/mol. The number of nitrogens with zero attached hydrogens (tertiary/aromatic N) is 2. The maximum Gasteiger partial charge on any atom is 0.222 e. The number of hydrogen-bond donors (Lipinski definition) is 1. The van der Waals surface area contributed by atoms with Crippen LogP contribution in [-0.4, -0.2) is 31.1 Å². The summed E-state index contributed by atoms with van der Waals surface area (Å²) in [5.41, 5.74) is 8.60. The summed E-state index contributed by atoms with van der Waals surface area (Å²) in [5, 5.41) is 1.06. The van der Waals surface area contributed by atoms with E-state index in [4.69, 9.17) is 10.5 Å². The number of aromatic nitrogens is 1. The van der Waals surface area contributed by atoms with Crippen molar-refractivity contribution in [2.75, 3.05) is 25.1 Å². The SMILES string of the molecule is COc1cccc2c(N3CCCC(C(N)=O)C3)c(C)cnc12. The lowest BCUT2D eigenvalue weighted by molar-refractivity contribution is -0.122. The van der Waals surface area contributed by atoms with Crippen LogP contribution in [0, 0.1) is 12.8 Å². The van der Waals surface area contributed by atoms with Gasteiger partial charge >= 0.3 is 0 Å². The van der Waals surface area contributed by atoms with E-state index in [1.165, 1.54) is 0 Å². The predicted molar refractivity (Wildman–Crippen MR) is 87.2 cm³/mol. The number of benzene rings is 1. The molecule has 0 radical (unpaired) electrons. The minimum Gasteiger partial charge on any atom is -0.494 e. The molecule has 2 aromatic rings. The molecule has 5 heteroatoms. The van der Waals surface area contributed by atoms with E-state index < -0.39 is 0 Å². The Hall–Kier alpha value is -2.30. The van der Waals surface area contributed by atoms with Crippen LogP contribution in [0.15, 0.2) is 24.4 Å². The summed E-state index contributed by atoms with van der Waals surface area (Å²) >= 11 is 0. The molecule has 1 unspecified atom stereocenters. The number of carbonyl (C=O) groups excluding carboxylic acids is 1. The van der Waals surface area contributed by atoms with E-state index in [-0.39, 0.29) is 11.8 Å². The zero-order valence-corrected chi connectivity index (χ0v) is 13.0. The number of hydrogen-bond acceptors (Lipinski definition) is 4. The molecular formula is C17H21N3O2. The second-order valence-corrected chi connectivity index (χ2v) is 5.83. The minimum atomic E-state index is -0.210. The van der Waals surface area contributed by atoms with Gasteiger partial charge in [-0.1, -0.05) is 12.1 Å². The van der Waals surface area contributed by atoms with Gasteiger partial charge in [-0.25, -0.2) is 0 Å². The molecule has 2 heterocycles. The second-order valence-electron chi connectivity index (χ2n) is 5.83. The second kappa shape index (κ2) is 5.83. The van der Waals surface area contributed by atoms with Gasteiger partial charge in [0.2, 0.25) is 5.91 Å². The molecule has 1 amide bonds. The molecule has 1 atom stereocenters. The Morgan fingerprint density at radius 3 is 3.00 bits per heavy atom. The fourth-order valence-electron chi connectivity index (χ4n) is 3.28. The van der Waals surface area contributed by atoms with Crippen LogP contribution < -0.4 is 15.4 Å². The summed E-state index contributed by atoms with van der Waals surface area (Å²) in [7, 11) is 1.65. The summed E-state index contributed by atoms with van der Waals surface area (Å²) in [6.07, 6.45) is 3.71. The highest BCUT2D eigenvalue weighted by Gasteiger charge is 2.26. The monoisotopic (exact) mass is 299 g/mol. The van der Waals surface area contributed by atoms with Gasteiger partial charge in [-0.2, -0.15) is 0 Å².